The molecule has 4 aromatic rings. The predicted octanol–water partition coefficient (Wildman–Crippen LogP) is 3.73. The average molecular weight is 432 g/mol. The number of Topliss-reactive ketones (excluding diaryl/α,β-unsaturated/α-hetero) is 1. The molecule has 1 aliphatic heterocycles. The van der Waals surface area contributed by atoms with Crippen LogP contribution in [0, 0.1) is 12.8 Å². The molecular formula is C23H24N6O3. The minimum Gasteiger partial charge on any atom is -0.443 e. The molecule has 1 fully saturated rings. The van der Waals surface area contributed by atoms with Crippen LogP contribution in [0.15, 0.2) is 41.4 Å². The van der Waals surface area contributed by atoms with Gasteiger partial charge in [0.2, 0.25) is 5.89 Å². The molecule has 1 unspecified atom stereocenters. The van der Waals surface area contributed by atoms with Crippen molar-refractivity contribution in [3.63, 3.8) is 0 Å². The zero-order valence-corrected chi connectivity index (χ0v) is 17.8. The summed E-state index contributed by atoms with van der Waals surface area (Å²) in [5.41, 5.74) is 9.79. The molecule has 0 aliphatic carbocycles. The van der Waals surface area contributed by atoms with E-state index in [0.717, 1.165) is 42.8 Å². The molecule has 5 heterocycles. The quantitative estimate of drug-likeness (QED) is 0.458. The number of hydrogen-bond donors (Lipinski definition) is 1. The third kappa shape index (κ3) is 3.87. The predicted molar refractivity (Wildman–Crippen MR) is 118 cm³/mol. The summed E-state index contributed by atoms with van der Waals surface area (Å²) >= 11 is 0. The van der Waals surface area contributed by atoms with Crippen LogP contribution in [-0.4, -0.2) is 43.3 Å². The minimum absolute atomic E-state index is 0.0757. The number of anilines is 1. The van der Waals surface area contributed by atoms with Crippen molar-refractivity contribution in [3.05, 3.63) is 48.4 Å². The van der Waals surface area contributed by atoms with Crippen molar-refractivity contribution in [2.45, 2.75) is 32.6 Å². The van der Waals surface area contributed by atoms with Crippen LogP contribution in [0.3, 0.4) is 0 Å². The fourth-order valence-corrected chi connectivity index (χ4v) is 4.08. The monoisotopic (exact) mass is 432 g/mol. The number of ether oxygens (including phenoxy) is 1. The van der Waals surface area contributed by atoms with Gasteiger partial charge in [0, 0.05) is 43.3 Å². The molecule has 2 N–H and O–H groups in total. The first kappa shape index (κ1) is 20.3. The van der Waals surface area contributed by atoms with E-state index in [1.165, 1.54) is 12.5 Å². The molecule has 0 aromatic carbocycles. The van der Waals surface area contributed by atoms with Gasteiger partial charge in [-0.1, -0.05) is 0 Å². The van der Waals surface area contributed by atoms with Gasteiger partial charge in [0.05, 0.1) is 6.20 Å². The first-order chi connectivity index (χ1) is 15.6. The van der Waals surface area contributed by atoms with Crippen LogP contribution in [-0.2, 0) is 4.74 Å². The molecule has 5 rings (SSSR count). The number of ketones is 1. The molecule has 9 heteroatoms. The summed E-state index contributed by atoms with van der Waals surface area (Å²) in [6, 6.07) is 3.78. The number of fused-ring (bicyclic) bond motifs is 1. The van der Waals surface area contributed by atoms with Gasteiger partial charge in [-0.2, -0.15) is 0 Å². The summed E-state index contributed by atoms with van der Waals surface area (Å²) in [6.07, 6.45) is 9.92. The van der Waals surface area contributed by atoms with Gasteiger partial charge in [-0.25, -0.2) is 19.9 Å². The van der Waals surface area contributed by atoms with E-state index >= 15 is 0 Å². The summed E-state index contributed by atoms with van der Waals surface area (Å²) in [6.45, 7) is 3.47. The number of carbonyl (C=O) groups is 1. The lowest BCUT2D eigenvalue weighted by Crippen LogP contribution is -2.19. The molecule has 32 heavy (non-hydrogen) atoms. The second-order valence-electron chi connectivity index (χ2n) is 8.08. The van der Waals surface area contributed by atoms with Gasteiger partial charge < -0.3 is 19.3 Å². The highest BCUT2D eigenvalue weighted by Gasteiger charge is 2.23. The van der Waals surface area contributed by atoms with Gasteiger partial charge in [-0.3, -0.25) is 4.79 Å². The van der Waals surface area contributed by atoms with Crippen LogP contribution in [0.4, 0.5) is 5.82 Å². The normalized spacial score (nSPS) is 16.5. The number of rotatable bonds is 6. The van der Waals surface area contributed by atoms with Crippen LogP contribution in [0.25, 0.3) is 28.5 Å². The lowest BCUT2D eigenvalue weighted by Gasteiger charge is -2.21. The Morgan fingerprint density at radius 3 is 2.94 bits per heavy atom. The number of aromatic nitrogens is 5. The van der Waals surface area contributed by atoms with Crippen LogP contribution < -0.4 is 5.73 Å². The molecule has 0 bridgehead atoms. The number of pyridine rings is 1. The fourth-order valence-electron chi connectivity index (χ4n) is 4.08. The highest BCUT2D eigenvalue weighted by atomic mass is 16.5. The van der Waals surface area contributed by atoms with E-state index in [-0.39, 0.29) is 17.3 Å². The second kappa shape index (κ2) is 8.51. The summed E-state index contributed by atoms with van der Waals surface area (Å²) in [5.74, 6) is 0.631. The molecule has 9 nitrogen and oxygen atoms in total. The first-order valence-corrected chi connectivity index (χ1v) is 10.7. The van der Waals surface area contributed by atoms with Crippen molar-refractivity contribution in [2.24, 2.45) is 5.92 Å². The third-order valence-electron chi connectivity index (χ3n) is 5.82. The number of carbonyl (C=O) groups excluding carboxylic acids is 1. The maximum Gasteiger partial charge on any atom is 0.247 e. The molecule has 1 saturated heterocycles. The van der Waals surface area contributed by atoms with E-state index < -0.39 is 0 Å². The Labute approximate surface area is 184 Å². The number of nitrogen functional groups attached to an aromatic ring is 1. The summed E-state index contributed by atoms with van der Waals surface area (Å²) in [7, 11) is 0. The SMILES string of the molecule is Cc1cnc2ccc(-c3nc(C(=O)CCC4CCCOC4)c(N)nc3-c3ncco3)cn12. The van der Waals surface area contributed by atoms with Gasteiger partial charge in [0.1, 0.15) is 23.3 Å². The smallest absolute Gasteiger partial charge is 0.247 e. The van der Waals surface area contributed by atoms with E-state index in [1.54, 1.807) is 6.20 Å². The fraction of sp³-hybridized carbons (Fsp3) is 0.348. The van der Waals surface area contributed by atoms with Crippen molar-refractivity contribution in [2.75, 3.05) is 18.9 Å². The van der Waals surface area contributed by atoms with E-state index in [1.807, 2.05) is 29.7 Å². The lowest BCUT2D eigenvalue weighted by atomic mass is 9.95. The number of oxazole rings is 1. The number of hydrogen-bond acceptors (Lipinski definition) is 8. The molecule has 1 atom stereocenters. The van der Waals surface area contributed by atoms with E-state index in [2.05, 4.69) is 19.9 Å². The Morgan fingerprint density at radius 2 is 2.16 bits per heavy atom. The third-order valence-corrected chi connectivity index (χ3v) is 5.82. The Kier molecular flexibility index (Phi) is 5.40. The van der Waals surface area contributed by atoms with Crippen molar-refractivity contribution < 1.29 is 13.9 Å². The Balaban J connectivity index is 1.54. The van der Waals surface area contributed by atoms with Crippen molar-refractivity contribution in [1.82, 2.24) is 24.3 Å². The van der Waals surface area contributed by atoms with Gasteiger partial charge in [0.15, 0.2) is 17.3 Å². The van der Waals surface area contributed by atoms with Crippen molar-refractivity contribution in [1.29, 1.82) is 0 Å². The van der Waals surface area contributed by atoms with Gasteiger partial charge in [-0.15, -0.1) is 0 Å². The van der Waals surface area contributed by atoms with Gasteiger partial charge in [0.25, 0.3) is 0 Å². The zero-order chi connectivity index (χ0) is 22.1. The highest BCUT2D eigenvalue weighted by molar-refractivity contribution is 5.99. The minimum atomic E-state index is -0.124. The number of imidazole rings is 1. The molecule has 0 spiro atoms. The van der Waals surface area contributed by atoms with E-state index in [9.17, 15) is 4.79 Å². The molecule has 4 aromatic heterocycles. The summed E-state index contributed by atoms with van der Waals surface area (Å²) in [4.78, 5) is 30.8. The Bertz CT molecular complexity index is 1260. The van der Waals surface area contributed by atoms with Crippen LogP contribution >= 0.6 is 0 Å². The van der Waals surface area contributed by atoms with Crippen molar-refractivity contribution in [3.8, 4) is 22.8 Å². The van der Waals surface area contributed by atoms with E-state index in [0.29, 0.717) is 36.2 Å². The average Bonchev–Trinajstić information content (AvgIpc) is 3.48. The van der Waals surface area contributed by atoms with E-state index in [4.69, 9.17) is 14.9 Å². The largest absolute Gasteiger partial charge is 0.443 e. The summed E-state index contributed by atoms with van der Waals surface area (Å²) in [5, 5.41) is 0. The zero-order valence-electron chi connectivity index (χ0n) is 17.8. The standard InChI is InChI=1S/C23H24N6O3/c1-14-11-26-18-7-5-16(12-29(14)18)19-21(23-25-8-10-32-23)28-22(24)20(27-19)17(30)6-4-15-3-2-9-31-13-15/h5,7-8,10-12,15H,2-4,6,9,13H2,1H3,(H2,24,28). The Morgan fingerprint density at radius 1 is 1.25 bits per heavy atom. The lowest BCUT2D eigenvalue weighted by molar-refractivity contribution is 0.0502. The number of nitrogens with two attached hydrogens (primary N) is 1. The summed E-state index contributed by atoms with van der Waals surface area (Å²) < 4.78 is 13.0. The maximum absolute atomic E-state index is 13.0. The molecule has 0 radical (unpaired) electrons. The van der Waals surface area contributed by atoms with Crippen molar-refractivity contribution >= 4 is 17.2 Å². The van der Waals surface area contributed by atoms with Gasteiger partial charge >= 0.3 is 0 Å². The second-order valence-corrected chi connectivity index (χ2v) is 8.08. The molecule has 0 amide bonds. The van der Waals surface area contributed by atoms with Gasteiger partial charge in [-0.05, 0) is 44.2 Å². The number of nitrogens with zero attached hydrogens (tertiary/aromatic N) is 5. The number of aryl methyl sites for hydroxylation is 1. The van der Waals surface area contributed by atoms with Crippen LogP contribution in [0.5, 0.6) is 0 Å². The first-order valence-electron chi connectivity index (χ1n) is 10.7. The topological polar surface area (TPSA) is 121 Å². The molecule has 1 aliphatic rings. The Hall–Kier alpha value is -3.59. The van der Waals surface area contributed by atoms with Crippen LogP contribution in [0.1, 0.15) is 41.9 Å². The maximum atomic E-state index is 13.0. The molecular weight excluding hydrogens is 408 g/mol. The van der Waals surface area contributed by atoms with Crippen LogP contribution in [0.2, 0.25) is 0 Å². The molecule has 0 saturated carbocycles. The highest BCUT2D eigenvalue weighted by Crippen LogP contribution is 2.31. The molecule has 164 valence electrons.